The van der Waals surface area contributed by atoms with E-state index >= 15 is 0 Å². The summed E-state index contributed by atoms with van der Waals surface area (Å²) in [6.45, 7) is 6.31. The van der Waals surface area contributed by atoms with Crippen molar-refractivity contribution in [3.05, 3.63) is 101 Å². The van der Waals surface area contributed by atoms with Gasteiger partial charge in [0.25, 0.3) is 0 Å². The number of nitrogens with zero attached hydrogens (tertiary/aromatic N) is 1. The molecule has 0 spiro atoms. The molecule has 3 N–H and O–H groups in total. The number of aliphatic imine (C=N–C) groups is 1. The van der Waals surface area contributed by atoms with E-state index in [2.05, 4.69) is 27.5 Å². The van der Waals surface area contributed by atoms with E-state index in [1.54, 1.807) is 24.3 Å². The lowest BCUT2D eigenvalue weighted by molar-refractivity contribution is -0.138. The Bertz CT molecular complexity index is 1330. The number of halogens is 6. The summed E-state index contributed by atoms with van der Waals surface area (Å²) in [5.74, 6) is 0.239. The van der Waals surface area contributed by atoms with Gasteiger partial charge in [-0.2, -0.15) is 26.3 Å². The summed E-state index contributed by atoms with van der Waals surface area (Å²) < 4.78 is 81.0. The van der Waals surface area contributed by atoms with E-state index < -0.39 is 29.6 Å². The summed E-state index contributed by atoms with van der Waals surface area (Å²) in [6, 6.07) is 15.4. The number of benzene rings is 3. The first-order valence-electron chi connectivity index (χ1n) is 11.5. The van der Waals surface area contributed by atoms with E-state index in [4.69, 9.17) is 0 Å². The fourth-order valence-corrected chi connectivity index (χ4v) is 4.03. The molecule has 1 aliphatic rings. The van der Waals surface area contributed by atoms with Gasteiger partial charge in [-0.25, -0.2) is 4.99 Å². The van der Waals surface area contributed by atoms with Crippen LogP contribution in [0.25, 0.3) is 5.70 Å². The molecule has 4 rings (SSSR count). The third-order valence-electron chi connectivity index (χ3n) is 5.80. The summed E-state index contributed by atoms with van der Waals surface area (Å²) in [7, 11) is 0. The number of fused-ring (bicyclic) bond motifs is 1. The average Bonchev–Trinajstić information content (AvgIpc) is 2.86. The molecule has 10 heteroatoms. The van der Waals surface area contributed by atoms with Crippen molar-refractivity contribution in [3.63, 3.8) is 0 Å². The fraction of sp³-hybridized carbons (Fsp3) is 0.222. The van der Waals surface area contributed by atoms with Gasteiger partial charge < -0.3 is 16.0 Å². The first-order chi connectivity index (χ1) is 17.5. The monoisotopic (exact) mass is 518 g/mol. The normalized spacial score (nSPS) is 15.3. The zero-order valence-electron chi connectivity index (χ0n) is 19.8. The van der Waals surface area contributed by atoms with Crippen LogP contribution in [0.5, 0.6) is 0 Å². The van der Waals surface area contributed by atoms with Crippen LogP contribution in [0.3, 0.4) is 0 Å². The third-order valence-corrected chi connectivity index (χ3v) is 5.80. The average molecular weight is 519 g/mol. The number of rotatable bonds is 6. The smallest absolute Gasteiger partial charge is 0.384 e. The van der Waals surface area contributed by atoms with Gasteiger partial charge in [-0.1, -0.05) is 49.9 Å². The topological polar surface area (TPSA) is 48.5 Å². The molecule has 0 saturated heterocycles. The number of para-hydroxylation sites is 1. The number of anilines is 2. The first-order valence-corrected chi connectivity index (χ1v) is 11.5. The lowest BCUT2D eigenvalue weighted by Crippen LogP contribution is -2.30. The van der Waals surface area contributed by atoms with Crippen LogP contribution in [0, 0.1) is 0 Å². The van der Waals surface area contributed by atoms with Crippen molar-refractivity contribution in [3.8, 4) is 0 Å². The van der Waals surface area contributed by atoms with Crippen molar-refractivity contribution in [2.24, 2.45) is 4.99 Å². The summed E-state index contributed by atoms with van der Waals surface area (Å²) in [4.78, 5) is 4.51. The van der Waals surface area contributed by atoms with Crippen molar-refractivity contribution in [2.75, 3.05) is 17.2 Å². The van der Waals surface area contributed by atoms with Gasteiger partial charge >= 0.3 is 12.4 Å². The standard InChI is InChI=1S/C27H24F6N4/c1-3-14-34-23-15-17(26(28,29)30)12-13-18(23)16(2)35-25-20-9-5-7-11-22(20)36-24(37-25)19-8-4-6-10-21(19)27(31,32)33/h4-13,15,24,34,36H,2-3,14H2,1H3,(H,35,37). The second kappa shape index (κ2) is 10.2. The molecular formula is C27H24F6N4. The molecule has 1 aliphatic heterocycles. The van der Waals surface area contributed by atoms with E-state index in [0.717, 1.165) is 18.2 Å². The predicted octanol–water partition coefficient (Wildman–Crippen LogP) is 7.68. The van der Waals surface area contributed by atoms with Crippen LogP contribution in [0.2, 0.25) is 0 Å². The number of amidine groups is 1. The van der Waals surface area contributed by atoms with Gasteiger partial charge in [0, 0.05) is 40.3 Å². The van der Waals surface area contributed by atoms with Gasteiger partial charge in [0.1, 0.15) is 12.0 Å². The van der Waals surface area contributed by atoms with E-state index in [1.807, 2.05) is 6.92 Å². The van der Waals surface area contributed by atoms with Gasteiger partial charge in [-0.05, 0) is 36.8 Å². The van der Waals surface area contributed by atoms with Crippen molar-refractivity contribution in [1.29, 1.82) is 0 Å². The SMILES string of the molecule is C=C(NC1=NC(c2ccccc2C(F)(F)F)Nc2ccccc21)c1ccc(C(F)(F)F)cc1NCCC. The van der Waals surface area contributed by atoms with Crippen molar-refractivity contribution in [2.45, 2.75) is 31.9 Å². The molecule has 1 unspecified atom stereocenters. The largest absolute Gasteiger partial charge is 0.416 e. The zero-order chi connectivity index (χ0) is 26.8. The van der Waals surface area contributed by atoms with Crippen LogP contribution in [0.4, 0.5) is 37.7 Å². The van der Waals surface area contributed by atoms with Crippen LogP contribution >= 0.6 is 0 Å². The molecule has 0 bridgehead atoms. The quantitative estimate of drug-likeness (QED) is 0.294. The Labute approximate surface area is 210 Å². The second-order valence-corrected chi connectivity index (χ2v) is 8.44. The minimum absolute atomic E-state index is 0.0609. The van der Waals surface area contributed by atoms with Crippen molar-refractivity contribution < 1.29 is 26.3 Å². The fourth-order valence-electron chi connectivity index (χ4n) is 4.03. The van der Waals surface area contributed by atoms with E-state index in [0.29, 0.717) is 29.8 Å². The molecule has 0 saturated carbocycles. The molecule has 3 aromatic rings. The highest BCUT2D eigenvalue weighted by molar-refractivity contribution is 6.08. The maximum Gasteiger partial charge on any atom is 0.416 e. The Balaban J connectivity index is 1.73. The van der Waals surface area contributed by atoms with E-state index in [9.17, 15) is 26.3 Å². The van der Waals surface area contributed by atoms with Gasteiger partial charge in [0.2, 0.25) is 0 Å². The molecule has 0 aliphatic carbocycles. The number of hydrogen-bond acceptors (Lipinski definition) is 4. The van der Waals surface area contributed by atoms with Gasteiger partial charge in [-0.15, -0.1) is 0 Å². The van der Waals surface area contributed by atoms with Crippen LogP contribution in [-0.4, -0.2) is 12.4 Å². The van der Waals surface area contributed by atoms with E-state index in [-0.39, 0.29) is 22.8 Å². The molecular weight excluding hydrogens is 494 g/mol. The molecule has 0 amide bonds. The Morgan fingerprint density at radius 2 is 1.65 bits per heavy atom. The molecule has 1 atom stereocenters. The number of nitrogens with one attached hydrogen (secondary N) is 3. The molecule has 194 valence electrons. The lowest BCUT2D eigenvalue weighted by atomic mass is 10.0. The zero-order valence-corrected chi connectivity index (χ0v) is 19.8. The van der Waals surface area contributed by atoms with Crippen molar-refractivity contribution in [1.82, 2.24) is 5.32 Å². The number of hydrogen-bond donors (Lipinski definition) is 3. The molecule has 4 nitrogen and oxygen atoms in total. The summed E-state index contributed by atoms with van der Waals surface area (Å²) in [5, 5.41) is 9.07. The maximum absolute atomic E-state index is 13.7. The lowest BCUT2D eigenvalue weighted by Gasteiger charge is -2.28. The van der Waals surface area contributed by atoms with Gasteiger partial charge in [0.15, 0.2) is 0 Å². The summed E-state index contributed by atoms with van der Waals surface area (Å²) in [5.41, 5.74) is 0.299. The van der Waals surface area contributed by atoms with Crippen molar-refractivity contribution >= 4 is 22.9 Å². The number of alkyl halides is 6. The van der Waals surface area contributed by atoms with Crippen LogP contribution in [0.15, 0.2) is 78.3 Å². The molecule has 0 radical (unpaired) electrons. The van der Waals surface area contributed by atoms with Crippen LogP contribution < -0.4 is 16.0 Å². The summed E-state index contributed by atoms with van der Waals surface area (Å²) in [6.07, 6.45) is -9.48. The minimum Gasteiger partial charge on any atom is -0.384 e. The molecule has 1 heterocycles. The molecule has 37 heavy (non-hydrogen) atoms. The van der Waals surface area contributed by atoms with Crippen LogP contribution in [-0.2, 0) is 12.4 Å². The van der Waals surface area contributed by atoms with Gasteiger partial charge in [0.05, 0.1) is 11.1 Å². The third kappa shape index (κ3) is 5.73. The Hall–Kier alpha value is -3.95. The highest BCUT2D eigenvalue weighted by Gasteiger charge is 2.36. The van der Waals surface area contributed by atoms with Gasteiger partial charge in [-0.3, -0.25) is 0 Å². The molecule has 0 fully saturated rings. The predicted molar refractivity (Wildman–Crippen MR) is 133 cm³/mol. The highest BCUT2D eigenvalue weighted by atomic mass is 19.4. The highest BCUT2D eigenvalue weighted by Crippen LogP contribution is 2.38. The Morgan fingerprint density at radius 1 is 0.946 bits per heavy atom. The Morgan fingerprint density at radius 3 is 2.35 bits per heavy atom. The van der Waals surface area contributed by atoms with E-state index in [1.165, 1.54) is 24.3 Å². The van der Waals surface area contributed by atoms with Crippen LogP contribution in [0.1, 0.15) is 47.3 Å². The molecule has 3 aromatic carbocycles. The maximum atomic E-state index is 13.7. The minimum atomic E-state index is -4.58. The second-order valence-electron chi connectivity index (χ2n) is 8.44. The first kappa shape index (κ1) is 26.1. The summed E-state index contributed by atoms with van der Waals surface area (Å²) >= 11 is 0. The molecule has 0 aromatic heterocycles. The Kier molecular flexibility index (Phi) is 7.20.